The number of aliphatic imine (C=N–C) groups is 1. The number of rotatable bonds is 5. The number of guanidine groups is 1. The number of nitrogens with zero attached hydrogens (tertiary/aromatic N) is 2. The van der Waals surface area contributed by atoms with Crippen molar-refractivity contribution in [3.05, 3.63) is 35.5 Å². The second kappa shape index (κ2) is 10.7. The second-order valence-corrected chi connectivity index (χ2v) is 7.04. The number of H-pyrrole nitrogens is 1. The highest BCUT2D eigenvalue weighted by atomic mass is 127. The average Bonchev–Trinajstić information content (AvgIpc) is 3.01. The number of halogens is 1. The third kappa shape index (κ3) is 5.18. The smallest absolute Gasteiger partial charge is 0.310 e. The van der Waals surface area contributed by atoms with Crippen molar-refractivity contribution in [3.8, 4) is 0 Å². The maximum Gasteiger partial charge on any atom is 0.310 e. The summed E-state index contributed by atoms with van der Waals surface area (Å²) in [5, 5.41) is 4.76. The maximum atomic E-state index is 12.1. The number of hydrogen-bond donors (Lipinski definition) is 2. The summed E-state index contributed by atoms with van der Waals surface area (Å²) >= 11 is 0. The van der Waals surface area contributed by atoms with Crippen LogP contribution in [0.4, 0.5) is 0 Å². The first-order valence-corrected chi connectivity index (χ1v) is 9.82. The van der Waals surface area contributed by atoms with Crippen LogP contribution in [0.5, 0.6) is 0 Å². The highest BCUT2D eigenvalue weighted by Crippen LogP contribution is 2.22. The Morgan fingerprint density at radius 1 is 1.39 bits per heavy atom. The topological polar surface area (TPSA) is 69.7 Å². The van der Waals surface area contributed by atoms with E-state index in [1.807, 2.05) is 6.92 Å². The van der Waals surface area contributed by atoms with Crippen molar-refractivity contribution >= 4 is 46.8 Å². The van der Waals surface area contributed by atoms with E-state index in [2.05, 4.69) is 51.4 Å². The summed E-state index contributed by atoms with van der Waals surface area (Å²) in [6, 6.07) is 8.41. The Labute approximate surface area is 184 Å². The highest BCUT2D eigenvalue weighted by Gasteiger charge is 2.28. The molecule has 1 aromatic heterocycles. The lowest BCUT2D eigenvalue weighted by atomic mass is 9.98. The van der Waals surface area contributed by atoms with Gasteiger partial charge in [-0.25, -0.2) is 0 Å². The Morgan fingerprint density at radius 3 is 2.93 bits per heavy atom. The van der Waals surface area contributed by atoms with Crippen LogP contribution in [0.1, 0.15) is 31.0 Å². The first kappa shape index (κ1) is 22.5. The van der Waals surface area contributed by atoms with Crippen LogP contribution < -0.4 is 5.32 Å². The van der Waals surface area contributed by atoms with E-state index in [-0.39, 0.29) is 35.9 Å². The van der Waals surface area contributed by atoms with E-state index in [1.54, 1.807) is 7.05 Å². The van der Waals surface area contributed by atoms with Crippen molar-refractivity contribution in [1.29, 1.82) is 0 Å². The number of likely N-dealkylation sites (tertiary alicyclic amines) is 1. The maximum absolute atomic E-state index is 12.1. The normalized spacial score (nSPS) is 17.3. The molecule has 0 spiro atoms. The van der Waals surface area contributed by atoms with Crippen molar-refractivity contribution in [3.63, 3.8) is 0 Å². The standard InChI is InChI=1S/C21H30N4O2.HI/c1-4-27-20(26)16-8-7-13-25(14-16)21(22-3)23-12-11-17-15(2)24-19-10-6-5-9-18(17)19;/h5-6,9-10,16,24H,4,7-8,11-14H2,1-3H3,(H,22,23);1H. The Balaban J connectivity index is 0.00000280. The minimum atomic E-state index is -0.0907. The lowest BCUT2D eigenvalue weighted by molar-refractivity contribution is -0.149. The number of piperidine rings is 1. The third-order valence-corrected chi connectivity index (χ3v) is 5.24. The summed E-state index contributed by atoms with van der Waals surface area (Å²) in [6.45, 7) is 6.80. The summed E-state index contributed by atoms with van der Waals surface area (Å²) < 4.78 is 5.20. The number of esters is 1. The molecule has 0 radical (unpaired) electrons. The fourth-order valence-corrected chi connectivity index (χ4v) is 3.91. The molecular weight excluding hydrogens is 467 g/mol. The molecule has 2 aromatic rings. The Morgan fingerprint density at radius 2 is 2.18 bits per heavy atom. The van der Waals surface area contributed by atoms with Gasteiger partial charge in [0, 0.05) is 43.3 Å². The van der Waals surface area contributed by atoms with Crippen molar-refractivity contribution in [2.75, 3.05) is 33.3 Å². The van der Waals surface area contributed by atoms with Gasteiger partial charge in [0.15, 0.2) is 5.96 Å². The molecule has 1 saturated heterocycles. The van der Waals surface area contributed by atoms with E-state index in [9.17, 15) is 4.79 Å². The van der Waals surface area contributed by atoms with Gasteiger partial charge in [0.05, 0.1) is 12.5 Å². The minimum Gasteiger partial charge on any atom is -0.466 e. The molecule has 28 heavy (non-hydrogen) atoms. The van der Waals surface area contributed by atoms with E-state index in [1.165, 1.54) is 22.2 Å². The van der Waals surface area contributed by atoms with Gasteiger partial charge in [-0.3, -0.25) is 9.79 Å². The molecule has 1 atom stereocenters. The molecule has 1 aromatic carbocycles. The van der Waals surface area contributed by atoms with Crippen molar-refractivity contribution in [2.24, 2.45) is 10.9 Å². The molecule has 0 amide bonds. The van der Waals surface area contributed by atoms with Gasteiger partial charge in [-0.05, 0) is 44.7 Å². The average molecular weight is 498 g/mol. The SMILES string of the molecule is CCOC(=O)C1CCCN(C(=NC)NCCc2c(C)[nH]c3ccccc23)C1.I. The first-order chi connectivity index (χ1) is 13.1. The summed E-state index contributed by atoms with van der Waals surface area (Å²) in [5.74, 6) is 0.710. The predicted molar refractivity (Wildman–Crippen MR) is 124 cm³/mol. The number of nitrogens with one attached hydrogen (secondary N) is 2. The number of hydrogen-bond acceptors (Lipinski definition) is 3. The number of aromatic amines is 1. The van der Waals surface area contributed by atoms with Crippen LogP contribution in [0.15, 0.2) is 29.3 Å². The number of para-hydroxylation sites is 1. The van der Waals surface area contributed by atoms with E-state index in [0.29, 0.717) is 13.2 Å². The summed E-state index contributed by atoms with van der Waals surface area (Å²) in [7, 11) is 1.80. The molecule has 2 heterocycles. The van der Waals surface area contributed by atoms with Gasteiger partial charge in [0.2, 0.25) is 0 Å². The molecule has 1 fully saturated rings. The Bertz CT molecular complexity index is 818. The second-order valence-electron chi connectivity index (χ2n) is 7.04. The molecule has 154 valence electrons. The molecule has 1 aliphatic rings. The molecule has 6 nitrogen and oxygen atoms in total. The number of aryl methyl sites for hydroxylation is 1. The molecule has 2 N–H and O–H groups in total. The van der Waals surface area contributed by atoms with Gasteiger partial charge in [0.25, 0.3) is 0 Å². The molecule has 0 saturated carbocycles. The number of carbonyl (C=O) groups is 1. The van der Waals surface area contributed by atoms with E-state index in [0.717, 1.165) is 38.3 Å². The molecule has 1 unspecified atom stereocenters. The summed E-state index contributed by atoms with van der Waals surface area (Å²) in [4.78, 5) is 22.1. The monoisotopic (exact) mass is 498 g/mol. The molecule has 1 aliphatic heterocycles. The predicted octanol–water partition coefficient (Wildman–Crippen LogP) is 3.49. The van der Waals surface area contributed by atoms with E-state index >= 15 is 0 Å². The zero-order valence-corrected chi connectivity index (χ0v) is 19.3. The lowest BCUT2D eigenvalue weighted by Crippen LogP contribution is -2.48. The van der Waals surface area contributed by atoms with Crippen LogP contribution in [-0.4, -0.2) is 55.1 Å². The van der Waals surface area contributed by atoms with Crippen molar-refractivity contribution < 1.29 is 9.53 Å². The van der Waals surface area contributed by atoms with E-state index in [4.69, 9.17) is 4.74 Å². The zero-order valence-electron chi connectivity index (χ0n) is 17.0. The number of carbonyl (C=O) groups excluding carboxylic acids is 1. The van der Waals surface area contributed by atoms with Crippen LogP contribution in [0.3, 0.4) is 0 Å². The van der Waals surface area contributed by atoms with Gasteiger partial charge in [-0.15, -0.1) is 24.0 Å². The van der Waals surface area contributed by atoms with Crippen LogP contribution in [0, 0.1) is 12.8 Å². The third-order valence-electron chi connectivity index (χ3n) is 5.24. The van der Waals surface area contributed by atoms with Crippen LogP contribution in [0.25, 0.3) is 10.9 Å². The van der Waals surface area contributed by atoms with Gasteiger partial charge in [-0.2, -0.15) is 0 Å². The van der Waals surface area contributed by atoms with E-state index < -0.39 is 0 Å². The summed E-state index contributed by atoms with van der Waals surface area (Å²) in [5.41, 5.74) is 3.74. The Kier molecular flexibility index (Phi) is 8.59. The minimum absolute atomic E-state index is 0. The van der Waals surface area contributed by atoms with Gasteiger partial charge >= 0.3 is 5.97 Å². The molecule has 7 heteroatoms. The van der Waals surface area contributed by atoms with Crippen molar-refractivity contribution in [1.82, 2.24) is 15.2 Å². The lowest BCUT2D eigenvalue weighted by Gasteiger charge is -2.34. The fraction of sp³-hybridized carbons (Fsp3) is 0.524. The number of fused-ring (bicyclic) bond motifs is 1. The van der Waals surface area contributed by atoms with Crippen LogP contribution in [-0.2, 0) is 16.0 Å². The zero-order chi connectivity index (χ0) is 19.2. The van der Waals surface area contributed by atoms with Crippen LogP contribution >= 0.6 is 24.0 Å². The number of aromatic nitrogens is 1. The number of benzene rings is 1. The highest BCUT2D eigenvalue weighted by molar-refractivity contribution is 14.0. The fourth-order valence-electron chi connectivity index (χ4n) is 3.91. The molecule has 3 rings (SSSR count). The Hall–Kier alpha value is -1.77. The molecule has 0 bridgehead atoms. The number of ether oxygens (including phenoxy) is 1. The molecular formula is C21H31IN4O2. The van der Waals surface area contributed by atoms with Gasteiger partial charge < -0.3 is 19.9 Å². The first-order valence-electron chi connectivity index (χ1n) is 9.82. The van der Waals surface area contributed by atoms with Crippen LogP contribution in [0.2, 0.25) is 0 Å². The molecule has 0 aliphatic carbocycles. The largest absolute Gasteiger partial charge is 0.466 e. The summed E-state index contributed by atoms with van der Waals surface area (Å²) in [6.07, 6.45) is 2.79. The van der Waals surface area contributed by atoms with Gasteiger partial charge in [0.1, 0.15) is 0 Å². The quantitative estimate of drug-likeness (QED) is 0.287. The van der Waals surface area contributed by atoms with Crippen molar-refractivity contribution in [2.45, 2.75) is 33.1 Å². The van der Waals surface area contributed by atoms with Gasteiger partial charge in [-0.1, -0.05) is 18.2 Å².